The second-order valence-corrected chi connectivity index (χ2v) is 6.17. The fourth-order valence-electron chi connectivity index (χ4n) is 2.17. The Kier molecular flexibility index (Phi) is 6.69. The molecule has 0 amide bonds. The van der Waals surface area contributed by atoms with Crippen LogP contribution in [0.3, 0.4) is 0 Å². The molecule has 0 spiro atoms. The number of hydrogen-bond donors (Lipinski definition) is 0. The van der Waals surface area contributed by atoms with Crippen LogP contribution in [0.5, 0.6) is 5.75 Å². The van der Waals surface area contributed by atoms with Crippen molar-refractivity contribution in [1.29, 1.82) is 0 Å². The van der Waals surface area contributed by atoms with Gasteiger partial charge >= 0.3 is 0 Å². The maximum atomic E-state index is 6.10. The molecule has 0 N–H and O–H groups in total. The first-order valence-electron chi connectivity index (χ1n) is 7.18. The van der Waals surface area contributed by atoms with Crippen molar-refractivity contribution in [2.24, 2.45) is 0 Å². The number of benzene rings is 2. The first-order valence-corrected chi connectivity index (χ1v) is 8.32. The quantitative estimate of drug-likeness (QED) is 0.607. The highest BCUT2D eigenvalue weighted by atomic mass is 35.5. The Labute approximate surface area is 146 Å². The van der Waals surface area contributed by atoms with Crippen molar-refractivity contribution in [3.05, 3.63) is 57.5 Å². The Hall–Kier alpha value is -1.09. The summed E-state index contributed by atoms with van der Waals surface area (Å²) in [5, 5.41) is 1.86. The molecular weight excluding hydrogens is 341 g/mol. The number of hydrogen-bond acceptors (Lipinski definition) is 2. The van der Waals surface area contributed by atoms with Crippen LogP contribution in [0.1, 0.15) is 13.3 Å². The van der Waals surface area contributed by atoms with Gasteiger partial charge in [0.15, 0.2) is 0 Å². The third-order valence-corrected chi connectivity index (χ3v) is 3.95. The minimum Gasteiger partial charge on any atom is -0.490 e. The van der Waals surface area contributed by atoms with E-state index < -0.39 is 0 Å². The summed E-state index contributed by atoms with van der Waals surface area (Å²) in [5.74, 6) is 0.647. The molecule has 22 heavy (non-hydrogen) atoms. The van der Waals surface area contributed by atoms with Gasteiger partial charge in [-0.3, -0.25) is 0 Å². The summed E-state index contributed by atoms with van der Waals surface area (Å²) in [6.45, 7) is 4.38. The average molecular weight is 359 g/mol. The molecule has 0 bridgehead atoms. The highest BCUT2D eigenvalue weighted by Crippen LogP contribution is 2.27. The molecule has 5 heteroatoms. The van der Waals surface area contributed by atoms with Crippen LogP contribution in [0.2, 0.25) is 15.1 Å². The number of ether oxygens (including phenoxy) is 1. The molecular formula is C17H18Cl3NO. The molecule has 118 valence electrons. The Morgan fingerprint density at radius 3 is 2.41 bits per heavy atom. The largest absolute Gasteiger partial charge is 0.490 e. The summed E-state index contributed by atoms with van der Waals surface area (Å²) < 4.78 is 5.76. The van der Waals surface area contributed by atoms with E-state index in [4.69, 9.17) is 39.5 Å². The van der Waals surface area contributed by atoms with Gasteiger partial charge in [0.05, 0.1) is 11.6 Å². The fraction of sp³-hybridized carbons (Fsp3) is 0.294. The normalized spacial score (nSPS) is 10.5. The van der Waals surface area contributed by atoms with Gasteiger partial charge in [-0.05, 0) is 42.8 Å². The first-order chi connectivity index (χ1) is 10.6. The second-order valence-electron chi connectivity index (χ2n) is 4.89. The minimum atomic E-state index is 0.525. The van der Waals surface area contributed by atoms with Crippen LogP contribution in [-0.4, -0.2) is 19.7 Å². The van der Waals surface area contributed by atoms with E-state index in [2.05, 4.69) is 17.9 Å². The Morgan fingerprint density at radius 1 is 0.955 bits per heavy atom. The average Bonchev–Trinajstić information content (AvgIpc) is 2.48. The van der Waals surface area contributed by atoms with Crippen LogP contribution < -0.4 is 9.64 Å². The van der Waals surface area contributed by atoms with Crippen LogP contribution in [0, 0.1) is 0 Å². The van der Waals surface area contributed by atoms with Crippen molar-refractivity contribution < 1.29 is 4.74 Å². The summed E-state index contributed by atoms with van der Waals surface area (Å²) in [4.78, 5) is 2.25. The van der Waals surface area contributed by atoms with Gasteiger partial charge in [-0.25, -0.2) is 0 Å². The van der Waals surface area contributed by atoms with Crippen molar-refractivity contribution in [3.8, 4) is 5.75 Å². The lowest BCUT2D eigenvalue weighted by molar-refractivity contribution is 0.324. The standard InChI is InChI=1S/C17H18Cl3NO/c1-2-8-21(15-5-3-4-13(18)11-15)9-10-22-17-7-6-14(19)12-16(17)20/h3-7,11-12H,2,8-10H2,1H3. The topological polar surface area (TPSA) is 12.5 Å². The third kappa shape index (κ3) is 4.98. The second kappa shape index (κ2) is 8.52. The number of nitrogens with zero attached hydrogens (tertiary/aromatic N) is 1. The SMILES string of the molecule is CCCN(CCOc1ccc(Cl)cc1Cl)c1cccc(Cl)c1. The van der Waals surface area contributed by atoms with Gasteiger partial charge in [-0.15, -0.1) is 0 Å². The number of halogens is 3. The van der Waals surface area contributed by atoms with Gasteiger partial charge in [0.2, 0.25) is 0 Å². The summed E-state index contributed by atoms with van der Waals surface area (Å²) in [6.07, 6.45) is 1.05. The highest BCUT2D eigenvalue weighted by molar-refractivity contribution is 6.35. The predicted octanol–water partition coefficient (Wildman–Crippen LogP) is 5.94. The molecule has 0 saturated carbocycles. The lowest BCUT2D eigenvalue weighted by Crippen LogP contribution is -2.29. The van der Waals surface area contributed by atoms with E-state index in [0.717, 1.165) is 30.2 Å². The molecule has 0 unspecified atom stereocenters. The lowest BCUT2D eigenvalue weighted by atomic mass is 10.2. The molecule has 0 heterocycles. The smallest absolute Gasteiger partial charge is 0.138 e. The summed E-state index contributed by atoms with van der Waals surface area (Å²) >= 11 is 18.0. The molecule has 0 aliphatic heterocycles. The van der Waals surface area contributed by atoms with Gasteiger partial charge in [0, 0.05) is 22.3 Å². The predicted molar refractivity (Wildman–Crippen MR) is 95.9 cm³/mol. The first kappa shape index (κ1) is 17.3. The minimum absolute atomic E-state index is 0.525. The molecule has 0 atom stereocenters. The molecule has 2 aromatic rings. The van der Waals surface area contributed by atoms with Crippen LogP contribution in [0.25, 0.3) is 0 Å². The van der Waals surface area contributed by atoms with E-state index in [9.17, 15) is 0 Å². The van der Waals surface area contributed by atoms with Crippen molar-refractivity contribution >= 4 is 40.5 Å². The van der Waals surface area contributed by atoms with E-state index in [-0.39, 0.29) is 0 Å². The Morgan fingerprint density at radius 2 is 1.73 bits per heavy atom. The van der Waals surface area contributed by atoms with Crippen LogP contribution in [0.15, 0.2) is 42.5 Å². The van der Waals surface area contributed by atoms with E-state index >= 15 is 0 Å². The van der Waals surface area contributed by atoms with Crippen molar-refractivity contribution in [2.75, 3.05) is 24.6 Å². The van der Waals surface area contributed by atoms with E-state index in [0.29, 0.717) is 22.4 Å². The molecule has 0 aliphatic rings. The Balaban J connectivity index is 1.97. The van der Waals surface area contributed by atoms with Crippen LogP contribution in [0.4, 0.5) is 5.69 Å². The molecule has 0 saturated heterocycles. The summed E-state index contributed by atoms with van der Waals surface area (Å²) in [7, 11) is 0. The van der Waals surface area contributed by atoms with E-state index in [1.54, 1.807) is 18.2 Å². The van der Waals surface area contributed by atoms with E-state index in [1.165, 1.54) is 0 Å². The van der Waals surface area contributed by atoms with Crippen molar-refractivity contribution in [3.63, 3.8) is 0 Å². The zero-order valence-electron chi connectivity index (χ0n) is 12.4. The molecule has 2 aromatic carbocycles. The zero-order valence-corrected chi connectivity index (χ0v) is 14.6. The van der Waals surface area contributed by atoms with Gasteiger partial charge < -0.3 is 9.64 Å². The third-order valence-electron chi connectivity index (χ3n) is 3.18. The molecule has 0 aromatic heterocycles. The molecule has 2 nitrogen and oxygen atoms in total. The lowest BCUT2D eigenvalue weighted by Gasteiger charge is -2.24. The van der Waals surface area contributed by atoms with Gasteiger partial charge in [0.1, 0.15) is 12.4 Å². The van der Waals surface area contributed by atoms with Gasteiger partial charge in [-0.2, -0.15) is 0 Å². The molecule has 0 fully saturated rings. The van der Waals surface area contributed by atoms with Crippen LogP contribution >= 0.6 is 34.8 Å². The maximum absolute atomic E-state index is 6.10. The van der Waals surface area contributed by atoms with Crippen molar-refractivity contribution in [2.45, 2.75) is 13.3 Å². The maximum Gasteiger partial charge on any atom is 0.138 e. The highest BCUT2D eigenvalue weighted by Gasteiger charge is 2.08. The monoisotopic (exact) mass is 357 g/mol. The summed E-state index contributed by atoms with van der Waals surface area (Å²) in [5.41, 5.74) is 1.10. The van der Waals surface area contributed by atoms with E-state index in [1.807, 2.05) is 18.2 Å². The zero-order chi connectivity index (χ0) is 15.9. The number of anilines is 1. The fourth-order valence-corrected chi connectivity index (χ4v) is 2.82. The molecule has 2 rings (SSSR count). The molecule has 0 aliphatic carbocycles. The summed E-state index contributed by atoms with van der Waals surface area (Å²) in [6, 6.07) is 13.1. The van der Waals surface area contributed by atoms with Crippen LogP contribution in [-0.2, 0) is 0 Å². The van der Waals surface area contributed by atoms with Crippen molar-refractivity contribution in [1.82, 2.24) is 0 Å². The number of rotatable bonds is 7. The Bertz CT molecular complexity index is 619. The van der Waals surface area contributed by atoms with Gasteiger partial charge in [-0.1, -0.05) is 47.8 Å². The molecule has 0 radical (unpaired) electrons. The van der Waals surface area contributed by atoms with Gasteiger partial charge in [0.25, 0.3) is 0 Å².